The molecule has 1 saturated carbocycles. The van der Waals surface area contributed by atoms with E-state index in [1.54, 1.807) is 6.07 Å². The lowest BCUT2D eigenvalue weighted by atomic mass is 10.0. The Labute approximate surface area is 131 Å². The van der Waals surface area contributed by atoms with Crippen LogP contribution in [0.5, 0.6) is 5.75 Å². The number of hydrogen-bond donors (Lipinski definition) is 2. The first kappa shape index (κ1) is 16.2. The molecule has 21 heavy (non-hydrogen) atoms. The predicted molar refractivity (Wildman–Crippen MR) is 80.3 cm³/mol. The summed E-state index contributed by atoms with van der Waals surface area (Å²) in [7, 11) is 0. The van der Waals surface area contributed by atoms with Crippen molar-refractivity contribution in [3.8, 4) is 5.75 Å². The zero-order chi connectivity index (χ0) is 15.6. The van der Waals surface area contributed by atoms with Crippen LogP contribution in [0, 0.1) is 10.1 Å². The number of nitro groups is 1. The van der Waals surface area contributed by atoms with E-state index in [-0.39, 0.29) is 18.0 Å². The van der Waals surface area contributed by atoms with E-state index in [0.29, 0.717) is 22.9 Å². The minimum absolute atomic E-state index is 0.00477. The van der Waals surface area contributed by atoms with Crippen LogP contribution in [-0.4, -0.2) is 27.3 Å². The van der Waals surface area contributed by atoms with Gasteiger partial charge >= 0.3 is 5.69 Å². The van der Waals surface area contributed by atoms with Gasteiger partial charge in [0.2, 0.25) is 5.75 Å². The molecular weight excluding hydrogens is 342 g/mol. The molecule has 1 aliphatic carbocycles. The molecule has 6 nitrogen and oxygen atoms in total. The summed E-state index contributed by atoms with van der Waals surface area (Å²) in [5.41, 5.74) is -0.823. The number of aliphatic hydroxyl groups excluding tert-OH is 1. The first-order valence-corrected chi connectivity index (χ1v) is 7.63. The summed E-state index contributed by atoms with van der Waals surface area (Å²) >= 11 is 3.19. The molecule has 116 valence electrons. The second-order valence-corrected chi connectivity index (χ2v) is 6.41. The molecular formula is C14H18BrNO5. The average Bonchev–Trinajstić information content (AvgIpc) is 2.83. The molecule has 1 atom stereocenters. The molecule has 1 unspecified atom stereocenters. The van der Waals surface area contributed by atoms with Gasteiger partial charge in [-0.3, -0.25) is 10.1 Å². The highest BCUT2D eigenvalue weighted by Gasteiger charge is 2.33. The fourth-order valence-corrected chi connectivity index (χ4v) is 3.05. The van der Waals surface area contributed by atoms with Crippen LogP contribution in [0.2, 0.25) is 0 Å². The number of nitrogens with zero attached hydrogens (tertiary/aromatic N) is 1. The van der Waals surface area contributed by atoms with E-state index < -0.39 is 16.6 Å². The lowest BCUT2D eigenvalue weighted by Gasteiger charge is -2.23. The van der Waals surface area contributed by atoms with Gasteiger partial charge in [-0.15, -0.1) is 0 Å². The lowest BCUT2D eigenvalue weighted by molar-refractivity contribution is -0.386. The fraction of sp³-hybridized carbons (Fsp3) is 0.571. The Bertz CT molecular complexity index is 540. The summed E-state index contributed by atoms with van der Waals surface area (Å²) in [5, 5.41) is 31.3. The van der Waals surface area contributed by atoms with Crippen LogP contribution in [0.15, 0.2) is 16.6 Å². The second kappa shape index (κ2) is 6.29. The number of halogens is 1. The lowest BCUT2D eigenvalue weighted by Crippen LogP contribution is -2.32. The summed E-state index contributed by atoms with van der Waals surface area (Å²) < 4.78 is 6.06. The molecule has 0 spiro atoms. The van der Waals surface area contributed by atoms with Crippen LogP contribution < -0.4 is 4.74 Å². The van der Waals surface area contributed by atoms with Crippen LogP contribution in [0.4, 0.5) is 5.69 Å². The largest absolute Gasteiger partial charge is 0.483 e. The molecule has 0 bridgehead atoms. The molecule has 0 saturated heterocycles. The van der Waals surface area contributed by atoms with Crippen molar-refractivity contribution in [2.24, 2.45) is 0 Å². The van der Waals surface area contributed by atoms with E-state index in [1.165, 1.54) is 13.0 Å². The van der Waals surface area contributed by atoms with Crippen LogP contribution in [0.25, 0.3) is 0 Å². The van der Waals surface area contributed by atoms with Crippen molar-refractivity contribution in [2.75, 3.05) is 6.61 Å². The third-order valence-electron chi connectivity index (χ3n) is 3.73. The molecule has 0 heterocycles. The minimum Gasteiger partial charge on any atom is -0.483 e. The van der Waals surface area contributed by atoms with E-state index in [4.69, 9.17) is 4.74 Å². The van der Waals surface area contributed by atoms with Gasteiger partial charge in [0.05, 0.1) is 16.6 Å². The maximum atomic E-state index is 11.2. The standard InChI is InChI=1S/C14H18BrNO5/c1-9(17)11-6-10(15)7-12(16(19)20)13(11)21-8-14(18)4-2-3-5-14/h6-7,9,17-18H,2-5,8H2,1H3. The quantitative estimate of drug-likeness (QED) is 0.622. The number of hydrogen-bond acceptors (Lipinski definition) is 5. The van der Waals surface area contributed by atoms with E-state index >= 15 is 0 Å². The van der Waals surface area contributed by atoms with E-state index in [1.807, 2.05) is 0 Å². The zero-order valence-corrected chi connectivity index (χ0v) is 13.3. The molecule has 1 aromatic rings. The molecule has 2 N–H and O–H groups in total. The smallest absolute Gasteiger partial charge is 0.312 e. The second-order valence-electron chi connectivity index (χ2n) is 5.50. The molecule has 1 aliphatic rings. The Morgan fingerprint density at radius 2 is 2.10 bits per heavy atom. The minimum atomic E-state index is -0.934. The van der Waals surface area contributed by atoms with Gasteiger partial charge in [-0.1, -0.05) is 28.8 Å². The van der Waals surface area contributed by atoms with Gasteiger partial charge in [-0.25, -0.2) is 0 Å². The van der Waals surface area contributed by atoms with Gasteiger partial charge in [0, 0.05) is 16.1 Å². The molecule has 1 fully saturated rings. The Balaban J connectivity index is 2.33. The Morgan fingerprint density at radius 3 is 2.62 bits per heavy atom. The van der Waals surface area contributed by atoms with Crippen molar-refractivity contribution in [3.63, 3.8) is 0 Å². The van der Waals surface area contributed by atoms with Gasteiger partial charge in [-0.2, -0.15) is 0 Å². The highest BCUT2D eigenvalue weighted by Crippen LogP contribution is 2.39. The summed E-state index contributed by atoms with van der Waals surface area (Å²) in [6.45, 7) is 1.51. The van der Waals surface area contributed by atoms with E-state index in [9.17, 15) is 20.3 Å². The fourth-order valence-electron chi connectivity index (χ4n) is 2.59. The number of rotatable bonds is 5. The number of ether oxygens (including phenoxy) is 1. The normalized spacial score (nSPS) is 18.5. The highest BCUT2D eigenvalue weighted by molar-refractivity contribution is 9.10. The highest BCUT2D eigenvalue weighted by atomic mass is 79.9. The van der Waals surface area contributed by atoms with Crippen LogP contribution in [0.3, 0.4) is 0 Å². The molecule has 0 radical (unpaired) electrons. The van der Waals surface area contributed by atoms with Crippen molar-refractivity contribution >= 4 is 21.6 Å². The van der Waals surface area contributed by atoms with Crippen LogP contribution in [0.1, 0.15) is 44.3 Å². The number of nitro benzene ring substituents is 1. The number of aliphatic hydroxyl groups is 2. The number of benzene rings is 1. The Morgan fingerprint density at radius 1 is 1.48 bits per heavy atom. The summed E-state index contributed by atoms with van der Waals surface area (Å²) in [6.07, 6.45) is 2.19. The van der Waals surface area contributed by atoms with E-state index in [2.05, 4.69) is 15.9 Å². The summed E-state index contributed by atoms with van der Waals surface area (Å²) in [6, 6.07) is 2.92. The van der Waals surface area contributed by atoms with Gasteiger partial charge in [0.25, 0.3) is 0 Å². The Hall–Kier alpha value is -1.18. The van der Waals surface area contributed by atoms with E-state index in [0.717, 1.165) is 12.8 Å². The molecule has 0 aromatic heterocycles. The van der Waals surface area contributed by atoms with Crippen molar-refractivity contribution in [1.29, 1.82) is 0 Å². The molecule has 0 aliphatic heterocycles. The predicted octanol–water partition coefficient (Wildman–Crippen LogP) is 3.09. The molecule has 1 aromatic carbocycles. The summed E-state index contributed by atoms with van der Waals surface area (Å²) in [4.78, 5) is 10.6. The first-order chi connectivity index (χ1) is 9.82. The molecule has 7 heteroatoms. The van der Waals surface area contributed by atoms with Crippen molar-refractivity contribution in [2.45, 2.75) is 44.3 Å². The average molecular weight is 360 g/mol. The third-order valence-corrected chi connectivity index (χ3v) is 4.19. The van der Waals surface area contributed by atoms with Crippen molar-refractivity contribution in [1.82, 2.24) is 0 Å². The zero-order valence-electron chi connectivity index (χ0n) is 11.7. The molecule has 0 amide bonds. The van der Waals surface area contributed by atoms with Crippen molar-refractivity contribution < 1.29 is 19.9 Å². The Kier molecular flexibility index (Phi) is 4.85. The SMILES string of the molecule is CC(O)c1cc(Br)cc([N+](=O)[O-])c1OCC1(O)CCCC1. The maximum Gasteiger partial charge on any atom is 0.312 e. The topological polar surface area (TPSA) is 92.8 Å². The van der Waals surface area contributed by atoms with Gasteiger partial charge in [-0.05, 0) is 25.8 Å². The van der Waals surface area contributed by atoms with Crippen LogP contribution >= 0.6 is 15.9 Å². The van der Waals surface area contributed by atoms with Gasteiger partial charge in [0.15, 0.2) is 0 Å². The van der Waals surface area contributed by atoms with Gasteiger partial charge in [0.1, 0.15) is 6.61 Å². The van der Waals surface area contributed by atoms with Gasteiger partial charge < -0.3 is 14.9 Å². The molecule has 2 rings (SSSR count). The maximum absolute atomic E-state index is 11.2. The summed E-state index contributed by atoms with van der Waals surface area (Å²) in [5.74, 6) is 0.0264. The first-order valence-electron chi connectivity index (χ1n) is 6.83. The van der Waals surface area contributed by atoms with Crippen molar-refractivity contribution in [3.05, 3.63) is 32.3 Å². The van der Waals surface area contributed by atoms with Crippen LogP contribution in [-0.2, 0) is 0 Å². The third kappa shape index (κ3) is 3.72. The monoisotopic (exact) mass is 359 g/mol.